The van der Waals surface area contributed by atoms with Gasteiger partial charge in [-0.25, -0.2) is 4.79 Å². The Labute approximate surface area is 119 Å². The molecule has 0 aromatic heterocycles. The van der Waals surface area contributed by atoms with Crippen LogP contribution in [0.25, 0.3) is 0 Å². The van der Waals surface area contributed by atoms with Crippen LogP contribution in [0.1, 0.15) is 65.7 Å². The summed E-state index contributed by atoms with van der Waals surface area (Å²) in [6, 6.07) is 6.33. The summed E-state index contributed by atoms with van der Waals surface area (Å²) in [6.45, 7) is 0. The highest BCUT2D eigenvalue weighted by Gasteiger charge is 2.15. The molecule has 20 heavy (non-hydrogen) atoms. The Hall–Kier alpha value is -1.84. The Morgan fingerprint density at radius 3 is 1.95 bits per heavy atom. The van der Waals surface area contributed by atoms with Gasteiger partial charge in [0, 0.05) is 11.6 Å². The third-order valence-corrected chi connectivity index (χ3v) is 3.83. The first-order valence-electron chi connectivity index (χ1n) is 7.31. The Balaban J connectivity index is 1.94. The van der Waals surface area contributed by atoms with Crippen LogP contribution in [0.3, 0.4) is 0 Å². The number of amides is 1. The van der Waals surface area contributed by atoms with E-state index in [4.69, 9.17) is 5.11 Å². The van der Waals surface area contributed by atoms with E-state index >= 15 is 0 Å². The maximum absolute atomic E-state index is 12.1. The standard InChI is InChI=1S/C16H21NO3/c18-15(12-8-10-13(11-9-12)16(19)20)17-14-6-4-2-1-3-5-7-14/h8-11,14H,1-7H2,(H,17,18)(H,19,20). The fourth-order valence-electron chi connectivity index (χ4n) is 2.63. The van der Waals surface area contributed by atoms with Crippen molar-refractivity contribution in [3.8, 4) is 0 Å². The molecule has 1 aliphatic carbocycles. The molecule has 1 fully saturated rings. The van der Waals surface area contributed by atoms with Crippen LogP contribution in [0, 0.1) is 0 Å². The number of hydrogen-bond donors (Lipinski definition) is 2. The first-order valence-corrected chi connectivity index (χ1v) is 7.31. The van der Waals surface area contributed by atoms with Crippen LogP contribution in [0.15, 0.2) is 24.3 Å². The highest BCUT2D eigenvalue weighted by atomic mass is 16.4. The highest BCUT2D eigenvalue weighted by Crippen LogP contribution is 2.17. The molecule has 0 unspecified atom stereocenters. The Kier molecular flexibility index (Phi) is 5.16. The molecule has 0 radical (unpaired) electrons. The van der Waals surface area contributed by atoms with Crippen LogP contribution in [0.5, 0.6) is 0 Å². The number of benzene rings is 1. The number of carbonyl (C=O) groups is 2. The van der Waals surface area contributed by atoms with Gasteiger partial charge in [-0.15, -0.1) is 0 Å². The zero-order chi connectivity index (χ0) is 14.4. The molecule has 0 spiro atoms. The van der Waals surface area contributed by atoms with Crippen LogP contribution in [0.4, 0.5) is 0 Å². The number of carboxylic acid groups (broad SMARTS) is 1. The fourth-order valence-corrected chi connectivity index (χ4v) is 2.63. The zero-order valence-corrected chi connectivity index (χ0v) is 11.6. The molecule has 2 rings (SSSR count). The maximum Gasteiger partial charge on any atom is 0.335 e. The van der Waals surface area contributed by atoms with Crippen molar-refractivity contribution in [2.24, 2.45) is 0 Å². The van der Waals surface area contributed by atoms with Gasteiger partial charge in [0.1, 0.15) is 0 Å². The Morgan fingerprint density at radius 1 is 0.900 bits per heavy atom. The molecule has 4 nitrogen and oxygen atoms in total. The predicted molar refractivity (Wildman–Crippen MR) is 77.0 cm³/mol. The average molecular weight is 275 g/mol. The molecule has 0 aliphatic heterocycles. The average Bonchev–Trinajstić information content (AvgIpc) is 2.41. The molecular weight excluding hydrogens is 254 g/mol. The smallest absolute Gasteiger partial charge is 0.335 e. The topological polar surface area (TPSA) is 66.4 Å². The van der Waals surface area contributed by atoms with E-state index in [-0.39, 0.29) is 17.5 Å². The van der Waals surface area contributed by atoms with Crippen LogP contribution in [0.2, 0.25) is 0 Å². The van der Waals surface area contributed by atoms with E-state index in [1.807, 2.05) is 0 Å². The van der Waals surface area contributed by atoms with E-state index in [1.165, 1.54) is 44.2 Å². The largest absolute Gasteiger partial charge is 0.478 e. The predicted octanol–water partition coefficient (Wildman–Crippen LogP) is 3.23. The molecule has 1 aromatic carbocycles. The van der Waals surface area contributed by atoms with E-state index in [0.29, 0.717) is 5.56 Å². The molecule has 1 aromatic rings. The molecule has 1 amide bonds. The van der Waals surface area contributed by atoms with Gasteiger partial charge in [-0.2, -0.15) is 0 Å². The van der Waals surface area contributed by atoms with E-state index in [2.05, 4.69) is 5.32 Å². The molecule has 4 heteroatoms. The molecule has 0 saturated heterocycles. The summed E-state index contributed by atoms with van der Waals surface area (Å²) in [6.07, 6.45) is 8.22. The lowest BCUT2D eigenvalue weighted by Crippen LogP contribution is -2.35. The van der Waals surface area contributed by atoms with Crippen molar-refractivity contribution in [3.63, 3.8) is 0 Å². The van der Waals surface area contributed by atoms with Gasteiger partial charge in [-0.3, -0.25) is 4.79 Å². The molecule has 0 bridgehead atoms. The van der Waals surface area contributed by atoms with Crippen molar-refractivity contribution < 1.29 is 14.7 Å². The second kappa shape index (κ2) is 7.08. The van der Waals surface area contributed by atoms with Crippen molar-refractivity contribution in [2.45, 2.75) is 51.0 Å². The summed E-state index contributed by atoms with van der Waals surface area (Å²) in [5, 5.41) is 11.9. The molecule has 1 aliphatic rings. The second-order valence-electron chi connectivity index (χ2n) is 5.40. The normalized spacial score (nSPS) is 17.0. The van der Waals surface area contributed by atoms with E-state index in [9.17, 15) is 9.59 Å². The Morgan fingerprint density at radius 2 is 1.40 bits per heavy atom. The minimum absolute atomic E-state index is 0.104. The first kappa shape index (κ1) is 14.6. The van der Waals surface area contributed by atoms with Gasteiger partial charge in [-0.05, 0) is 37.1 Å². The van der Waals surface area contributed by atoms with Crippen LogP contribution < -0.4 is 5.32 Å². The van der Waals surface area contributed by atoms with Gasteiger partial charge in [0.2, 0.25) is 0 Å². The number of hydrogen-bond acceptors (Lipinski definition) is 2. The van der Waals surface area contributed by atoms with Gasteiger partial charge in [-0.1, -0.05) is 32.1 Å². The monoisotopic (exact) mass is 275 g/mol. The van der Waals surface area contributed by atoms with Gasteiger partial charge in [0.25, 0.3) is 5.91 Å². The Bertz CT molecular complexity index is 459. The summed E-state index contributed by atoms with van der Waals surface area (Å²) in [7, 11) is 0. The molecule has 1 saturated carbocycles. The number of aromatic carboxylic acids is 1. The van der Waals surface area contributed by atoms with Crippen molar-refractivity contribution in [1.82, 2.24) is 5.32 Å². The summed E-state index contributed by atoms with van der Waals surface area (Å²) < 4.78 is 0. The third kappa shape index (κ3) is 4.08. The lowest BCUT2D eigenvalue weighted by atomic mass is 9.96. The van der Waals surface area contributed by atoms with E-state index < -0.39 is 5.97 Å². The van der Waals surface area contributed by atoms with Crippen LogP contribution >= 0.6 is 0 Å². The van der Waals surface area contributed by atoms with E-state index in [0.717, 1.165) is 12.8 Å². The highest BCUT2D eigenvalue weighted by molar-refractivity contribution is 5.96. The lowest BCUT2D eigenvalue weighted by Gasteiger charge is -2.21. The van der Waals surface area contributed by atoms with Crippen molar-refractivity contribution in [3.05, 3.63) is 35.4 Å². The van der Waals surface area contributed by atoms with Gasteiger partial charge < -0.3 is 10.4 Å². The summed E-state index contributed by atoms with van der Waals surface area (Å²) in [5.41, 5.74) is 0.726. The molecule has 2 N–H and O–H groups in total. The molecule has 108 valence electrons. The first-order chi connectivity index (χ1) is 9.66. The van der Waals surface area contributed by atoms with Gasteiger partial charge >= 0.3 is 5.97 Å². The minimum atomic E-state index is -0.975. The summed E-state index contributed by atoms with van der Waals surface area (Å²) in [4.78, 5) is 22.9. The lowest BCUT2D eigenvalue weighted by molar-refractivity contribution is 0.0696. The second-order valence-corrected chi connectivity index (χ2v) is 5.40. The van der Waals surface area contributed by atoms with Crippen LogP contribution in [-0.2, 0) is 0 Å². The zero-order valence-electron chi connectivity index (χ0n) is 11.6. The molecule has 0 atom stereocenters. The number of carboxylic acids is 1. The third-order valence-electron chi connectivity index (χ3n) is 3.83. The quantitative estimate of drug-likeness (QED) is 0.890. The number of nitrogens with one attached hydrogen (secondary N) is 1. The SMILES string of the molecule is O=C(O)c1ccc(C(=O)NC2CCCCCCC2)cc1. The number of rotatable bonds is 3. The fraction of sp³-hybridized carbons (Fsp3) is 0.500. The summed E-state index contributed by atoms with van der Waals surface area (Å²) >= 11 is 0. The van der Waals surface area contributed by atoms with Crippen molar-refractivity contribution in [2.75, 3.05) is 0 Å². The molecule has 0 heterocycles. The molecular formula is C16H21NO3. The van der Waals surface area contributed by atoms with Crippen LogP contribution in [-0.4, -0.2) is 23.0 Å². The maximum atomic E-state index is 12.1. The minimum Gasteiger partial charge on any atom is -0.478 e. The van der Waals surface area contributed by atoms with Gasteiger partial charge in [0.05, 0.1) is 5.56 Å². The van der Waals surface area contributed by atoms with Crippen molar-refractivity contribution in [1.29, 1.82) is 0 Å². The summed E-state index contributed by atoms with van der Waals surface area (Å²) in [5.74, 6) is -1.08. The number of carbonyl (C=O) groups excluding carboxylic acids is 1. The van der Waals surface area contributed by atoms with Crippen molar-refractivity contribution >= 4 is 11.9 Å². The van der Waals surface area contributed by atoms with Gasteiger partial charge in [0.15, 0.2) is 0 Å². The van der Waals surface area contributed by atoms with E-state index in [1.54, 1.807) is 12.1 Å².